The molecule has 0 radical (unpaired) electrons. The summed E-state index contributed by atoms with van der Waals surface area (Å²) in [5.41, 5.74) is 2.97. The third-order valence-corrected chi connectivity index (χ3v) is 3.96. The summed E-state index contributed by atoms with van der Waals surface area (Å²) in [6, 6.07) is 11.2. The Hall–Kier alpha value is -3.42. The molecule has 0 amide bonds. The summed E-state index contributed by atoms with van der Waals surface area (Å²) in [5, 5.41) is 7.75. The highest BCUT2D eigenvalue weighted by Gasteiger charge is 2.11. The Bertz CT molecular complexity index is 1060. The smallest absolute Gasteiger partial charge is 0.333 e. The van der Waals surface area contributed by atoms with Gasteiger partial charge in [0.15, 0.2) is 0 Å². The van der Waals surface area contributed by atoms with Gasteiger partial charge in [-0.05, 0) is 18.2 Å². The van der Waals surface area contributed by atoms with Gasteiger partial charge in [0.1, 0.15) is 11.6 Å². The van der Waals surface area contributed by atoms with Crippen LogP contribution in [-0.4, -0.2) is 26.9 Å². The number of methoxy groups -OCH3 is 1. The monoisotopic (exact) mass is 355 g/mol. The summed E-state index contributed by atoms with van der Waals surface area (Å²) in [7, 11) is 1.61. The fourth-order valence-corrected chi connectivity index (χ4v) is 2.68. The molecule has 0 spiro atoms. The van der Waals surface area contributed by atoms with Crippen molar-refractivity contribution in [3.8, 4) is 17.0 Å². The molecule has 0 aliphatic rings. The van der Waals surface area contributed by atoms with Gasteiger partial charge < -0.3 is 15.0 Å². The molecule has 1 aromatic carbocycles. The highest BCUT2D eigenvalue weighted by molar-refractivity contribution is 5.87. The van der Waals surface area contributed by atoms with Gasteiger partial charge in [0, 0.05) is 46.9 Å². The summed E-state index contributed by atoms with van der Waals surface area (Å²) in [5.74, 6) is 1.40. The topological polar surface area (TPSA) is 67.8 Å². The van der Waals surface area contributed by atoms with E-state index in [0.717, 1.165) is 22.3 Å². The zero-order valence-corrected chi connectivity index (χ0v) is 13.8. The molecule has 0 saturated heterocycles. The Morgan fingerprint density at radius 1 is 1.19 bits per heavy atom. The van der Waals surface area contributed by atoms with Crippen LogP contribution >= 0.6 is 0 Å². The highest BCUT2D eigenvalue weighted by Crippen LogP contribution is 2.27. The van der Waals surface area contributed by atoms with Gasteiger partial charge in [-0.15, -0.1) is 0 Å². The van der Waals surface area contributed by atoms with E-state index in [4.69, 9.17) is 4.74 Å². The molecule has 4 aromatic rings. The number of hydrogen-bond donors (Lipinski definition) is 2. The first-order valence-electron chi connectivity index (χ1n) is 7.85. The van der Waals surface area contributed by atoms with Crippen molar-refractivity contribution in [2.45, 2.75) is 6.55 Å². The highest BCUT2D eigenvalue weighted by atomic mass is 19.3. The van der Waals surface area contributed by atoms with Crippen LogP contribution in [0.4, 0.5) is 20.3 Å². The lowest BCUT2D eigenvalue weighted by Crippen LogP contribution is -1.96. The first kappa shape index (κ1) is 16.1. The second-order valence-corrected chi connectivity index (χ2v) is 5.68. The van der Waals surface area contributed by atoms with Crippen LogP contribution in [0.15, 0.2) is 55.0 Å². The minimum atomic E-state index is -2.66. The molecule has 132 valence electrons. The predicted octanol–water partition coefficient (Wildman–Crippen LogP) is 4.57. The van der Waals surface area contributed by atoms with Crippen LogP contribution in [0.5, 0.6) is 5.75 Å². The molecule has 2 N–H and O–H groups in total. The molecule has 3 heterocycles. The van der Waals surface area contributed by atoms with Crippen LogP contribution in [0.3, 0.4) is 0 Å². The molecule has 6 nitrogen and oxygen atoms in total. The average Bonchev–Trinajstić information content (AvgIpc) is 3.28. The van der Waals surface area contributed by atoms with Gasteiger partial charge in [0.05, 0.1) is 18.8 Å². The van der Waals surface area contributed by atoms with Crippen molar-refractivity contribution in [2.75, 3.05) is 12.4 Å². The minimum absolute atomic E-state index is 0.587. The van der Waals surface area contributed by atoms with Gasteiger partial charge in [-0.2, -0.15) is 13.9 Å². The number of alkyl halides is 2. The Balaban J connectivity index is 1.62. The third-order valence-electron chi connectivity index (χ3n) is 3.96. The van der Waals surface area contributed by atoms with E-state index in [0.29, 0.717) is 21.8 Å². The van der Waals surface area contributed by atoms with Crippen LogP contribution in [0.2, 0.25) is 0 Å². The maximum Gasteiger partial charge on any atom is 0.333 e. The fraction of sp³-hybridized carbons (Fsp3) is 0.111. The maximum absolute atomic E-state index is 12.7. The Kier molecular flexibility index (Phi) is 4.00. The number of H-pyrrole nitrogens is 1. The first-order valence-corrected chi connectivity index (χ1v) is 7.85. The SMILES string of the molecule is COc1cccc(Nc2cc3[nH]c(-c4cnn(C(F)F)c4)cc3cn2)c1. The first-order chi connectivity index (χ1) is 12.6. The Labute approximate surface area is 147 Å². The van der Waals surface area contributed by atoms with E-state index in [1.54, 1.807) is 13.3 Å². The van der Waals surface area contributed by atoms with Crippen molar-refractivity contribution >= 4 is 22.4 Å². The molecule has 0 atom stereocenters. The van der Waals surface area contributed by atoms with Gasteiger partial charge in [-0.25, -0.2) is 9.67 Å². The number of aromatic nitrogens is 4. The van der Waals surface area contributed by atoms with Crippen LogP contribution in [0.25, 0.3) is 22.2 Å². The summed E-state index contributed by atoms with van der Waals surface area (Å²) in [4.78, 5) is 7.60. The molecule has 0 aliphatic carbocycles. The van der Waals surface area contributed by atoms with Crippen LogP contribution in [-0.2, 0) is 0 Å². The molecule has 26 heavy (non-hydrogen) atoms. The number of hydrogen-bond acceptors (Lipinski definition) is 4. The number of pyridine rings is 1. The number of rotatable bonds is 5. The van der Waals surface area contributed by atoms with Crippen molar-refractivity contribution in [2.24, 2.45) is 0 Å². The minimum Gasteiger partial charge on any atom is -0.497 e. The van der Waals surface area contributed by atoms with Gasteiger partial charge in [-0.3, -0.25) is 0 Å². The molecule has 8 heteroatoms. The van der Waals surface area contributed by atoms with Gasteiger partial charge >= 0.3 is 6.55 Å². The molecule has 0 aliphatic heterocycles. The molecular weight excluding hydrogens is 340 g/mol. The Morgan fingerprint density at radius 2 is 2.08 bits per heavy atom. The summed E-state index contributed by atoms with van der Waals surface area (Å²) < 4.78 is 31.2. The third kappa shape index (κ3) is 3.08. The summed E-state index contributed by atoms with van der Waals surface area (Å²) >= 11 is 0. The normalized spacial score (nSPS) is 11.2. The molecule has 0 fully saturated rings. The van der Waals surface area contributed by atoms with Crippen molar-refractivity contribution < 1.29 is 13.5 Å². The molecule has 3 aromatic heterocycles. The van der Waals surface area contributed by atoms with Crippen LogP contribution in [0.1, 0.15) is 6.55 Å². The summed E-state index contributed by atoms with van der Waals surface area (Å²) in [6.07, 6.45) is 4.42. The largest absolute Gasteiger partial charge is 0.497 e. The number of anilines is 2. The lowest BCUT2D eigenvalue weighted by atomic mass is 10.2. The zero-order valence-electron chi connectivity index (χ0n) is 13.8. The second-order valence-electron chi connectivity index (χ2n) is 5.68. The van der Waals surface area contributed by atoms with Gasteiger partial charge in [-0.1, -0.05) is 6.07 Å². The van der Waals surface area contributed by atoms with Gasteiger partial charge in [0.2, 0.25) is 0 Å². The maximum atomic E-state index is 12.7. The lowest BCUT2D eigenvalue weighted by molar-refractivity contribution is 0.0566. The molecular formula is C18H15F2N5O. The zero-order chi connectivity index (χ0) is 18.1. The number of ether oxygens (including phenoxy) is 1. The van der Waals surface area contributed by atoms with E-state index in [1.807, 2.05) is 36.4 Å². The molecule has 0 saturated carbocycles. The summed E-state index contributed by atoms with van der Waals surface area (Å²) in [6.45, 7) is -2.66. The molecule has 0 unspecified atom stereocenters. The Morgan fingerprint density at radius 3 is 2.85 bits per heavy atom. The second kappa shape index (κ2) is 6.47. The van der Waals surface area contributed by atoms with Crippen molar-refractivity contribution in [1.29, 1.82) is 0 Å². The standard InChI is InChI=1S/C18H15F2N5O/c1-26-14-4-2-3-13(6-14)23-17-7-16-11(8-21-17)5-15(24-16)12-9-22-25(10-12)18(19)20/h2-10,18,24H,1H3,(H,21,23). The van der Waals surface area contributed by atoms with Crippen LogP contribution in [0, 0.1) is 0 Å². The van der Waals surface area contributed by atoms with E-state index in [1.165, 1.54) is 12.4 Å². The van der Waals surface area contributed by atoms with Crippen molar-refractivity contribution in [3.05, 3.63) is 55.0 Å². The van der Waals surface area contributed by atoms with Gasteiger partial charge in [0.25, 0.3) is 0 Å². The number of nitrogens with one attached hydrogen (secondary N) is 2. The van der Waals surface area contributed by atoms with E-state index in [2.05, 4.69) is 20.4 Å². The number of nitrogens with zero attached hydrogens (tertiary/aromatic N) is 3. The van der Waals surface area contributed by atoms with E-state index in [9.17, 15) is 8.78 Å². The molecule has 4 rings (SSSR count). The predicted molar refractivity (Wildman–Crippen MR) is 94.8 cm³/mol. The average molecular weight is 355 g/mol. The van der Waals surface area contributed by atoms with Crippen molar-refractivity contribution in [3.63, 3.8) is 0 Å². The van der Waals surface area contributed by atoms with E-state index >= 15 is 0 Å². The fourth-order valence-electron chi connectivity index (χ4n) is 2.68. The number of fused-ring (bicyclic) bond motifs is 1. The quantitative estimate of drug-likeness (QED) is 0.550. The van der Waals surface area contributed by atoms with Crippen molar-refractivity contribution in [1.82, 2.24) is 19.7 Å². The lowest BCUT2D eigenvalue weighted by Gasteiger charge is -2.07. The van der Waals surface area contributed by atoms with E-state index < -0.39 is 6.55 Å². The number of aromatic amines is 1. The number of benzene rings is 1. The van der Waals surface area contributed by atoms with E-state index in [-0.39, 0.29) is 0 Å². The number of halogens is 2. The van der Waals surface area contributed by atoms with Crippen LogP contribution < -0.4 is 10.1 Å². The molecule has 0 bridgehead atoms.